The minimum Gasteiger partial charge on any atom is -0.497 e. The molecule has 11 heteroatoms. The van der Waals surface area contributed by atoms with E-state index in [0.29, 0.717) is 35.0 Å². The van der Waals surface area contributed by atoms with Crippen molar-refractivity contribution in [2.45, 2.75) is 10.5 Å². The fourth-order valence-electron chi connectivity index (χ4n) is 2.39. The van der Waals surface area contributed by atoms with Gasteiger partial charge in [0.15, 0.2) is 0 Å². The molecule has 0 aliphatic carbocycles. The van der Waals surface area contributed by atoms with Crippen LogP contribution in [0, 0.1) is 0 Å². The number of nitrogens with zero attached hydrogens (tertiary/aromatic N) is 1. The van der Waals surface area contributed by atoms with E-state index in [4.69, 9.17) is 4.74 Å². The van der Waals surface area contributed by atoms with E-state index >= 15 is 0 Å². The number of hydrogen-bond acceptors (Lipinski definition) is 8. The Bertz CT molecular complexity index is 797. The third kappa shape index (κ3) is 3.68. The van der Waals surface area contributed by atoms with E-state index in [-0.39, 0.29) is 0 Å². The molecule has 1 aromatic rings. The number of anilines is 1. The summed E-state index contributed by atoms with van der Waals surface area (Å²) in [5, 5.41) is 1.47. The van der Waals surface area contributed by atoms with Gasteiger partial charge in [0, 0.05) is 5.69 Å². The Hall–Kier alpha value is -2.53. The predicted molar refractivity (Wildman–Crippen MR) is 95.0 cm³/mol. The zero-order valence-electron chi connectivity index (χ0n) is 13.4. The van der Waals surface area contributed by atoms with Crippen LogP contribution in [0.25, 0.3) is 0 Å². The van der Waals surface area contributed by atoms with Gasteiger partial charge in [-0.3, -0.25) is 34.2 Å². The third-order valence-corrected chi connectivity index (χ3v) is 6.00. The van der Waals surface area contributed by atoms with E-state index in [1.54, 1.807) is 24.3 Å². The Balaban J connectivity index is 1.62. The summed E-state index contributed by atoms with van der Waals surface area (Å²) in [6, 6.07) is 6.54. The maximum atomic E-state index is 12.4. The highest BCUT2D eigenvalue weighted by Gasteiger charge is 2.50. The van der Waals surface area contributed by atoms with Crippen LogP contribution in [0.15, 0.2) is 24.3 Å². The lowest BCUT2D eigenvalue weighted by Crippen LogP contribution is -2.42. The number of carbonyl (C=O) groups is 5. The number of nitrogens with one attached hydrogen (secondary N) is 2. The first-order valence-corrected chi connectivity index (χ1v) is 9.12. The molecule has 2 saturated heterocycles. The van der Waals surface area contributed by atoms with E-state index in [1.165, 1.54) is 7.11 Å². The molecule has 0 unspecified atom stereocenters. The van der Waals surface area contributed by atoms with E-state index < -0.39 is 45.2 Å². The maximum absolute atomic E-state index is 12.4. The van der Waals surface area contributed by atoms with E-state index in [9.17, 15) is 24.0 Å². The van der Waals surface area contributed by atoms with Crippen molar-refractivity contribution >= 4 is 57.4 Å². The normalized spacial score (nSPS) is 22.6. The molecule has 3 rings (SSSR count). The highest BCUT2D eigenvalue weighted by Crippen LogP contribution is 2.36. The summed E-state index contributed by atoms with van der Waals surface area (Å²) in [7, 11) is 1.52. The van der Waals surface area contributed by atoms with Gasteiger partial charge in [0.25, 0.3) is 10.5 Å². The molecule has 26 heavy (non-hydrogen) atoms. The molecule has 2 heterocycles. The Morgan fingerprint density at radius 1 is 1.15 bits per heavy atom. The van der Waals surface area contributed by atoms with Gasteiger partial charge in [-0.2, -0.15) is 0 Å². The van der Waals surface area contributed by atoms with E-state index in [2.05, 4.69) is 10.6 Å². The summed E-state index contributed by atoms with van der Waals surface area (Å²) in [4.78, 5) is 60.3. The predicted octanol–water partition coefficient (Wildman–Crippen LogP) is 1.05. The van der Waals surface area contributed by atoms with Gasteiger partial charge in [0.1, 0.15) is 22.8 Å². The van der Waals surface area contributed by atoms with Crippen molar-refractivity contribution in [3.63, 3.8) is 0 Å². The number of amides is 5. The van der Waals surface area contributed by atoms with Crippen LogP contribution in [0.3, 0.4) is 0 Å². The number of imide groups is 2. The van der Waals surface area contributed by atoms with Crippen molar-refractivity contribution in [1.29, 1.82) is 0 Å². The second-order valence-corrected chi connectivity index (χ2v) is 7.53. The second-order valence-electron chi connectivity index (χ2n) is 5.32. The lowest BCUT2D eigenvalue weighted by Gasteiger charge is -2.15. The first kappa shape index (κ1) is 18.3. The SMILES string of the molecule is COc1ccc(NC(=O)CN2C(=O)S[C@@H]([C@@H]3SC(=O)NC3=O)C2=O)cc1. The molecule has 0 spiro atoms. The molecule has 0 radical (unpaired) electrons. The van der Waals surface area contributed by atoms with Gasteiger partial charge in [-0.1, -0.05) is 0 Å². The van der Waals surface area contributed by atoms with Crippen LogP contribution >= 0.6 is 23.5 Å². The first-order chi connectivity index (χ1) is 12.4. The summed E-state index contributed by atoms with van der Waals surface area (Å²) in [5.41, 5.74) is 0.482. The number of rotatable bonds is 5. The van der Waals surface area contributed by atoms with Gasteiger partial charge >= 0.3 is 0 Å². The molecular formula is C15H13N3O6S2. The van der Waals surface area contributed by atoms with Crippen LogP contribution in [0.2, 0.25) is 0 Å². The number of carbonyl (C=O) groups excluding carboxylic acids is 5. The zero-order valence-corrected chi connectivity index (χ0v) is 15.0. The van der Waals surface area contributed by atoms with Crippen LogP contribution in [0.1, 0.15) is 0 Å². The monoisotopic (exact) mass is 395 g/mol. The smallest absolute Gasteiger partial charge is 0.289 e. The van der Waals surface area contributed by atoms with Crippen molar-refractivity contribution in [2.24, 2.45) is 0 Å². The molecule has 5 amide bonds. The fourth-order valence-corrected chi connectivity index (χ4v) is 4.49. The molecule has 0 bridgehead atoms. The van der Waals surface area contributed by atoms with Crippen LogP contribution in [0.4, 0.5) is 15.3 Å². The lowest BCUT2D eigenvalue weighted by atomic mass is 10.2. The quantitative estimate of drug-likeness (QED) is 0.759. The fraction of sp³-hybridized carbons (Fsp3) is 0.267. The van der Waals surface area contributed by atoms with Gasteiger partial charge < -0.3 is 10.1 Å². The van der Waals surface area contributed by atoms with Crippen molar-refractivity contribution in [3.05, 3.63) is 24.3 Å². The average Bonchev–Trinajstić information content (AvgIpc) is 3.08. The van der Waals surface area contributed by atoms with Crippen molar-refractivity contribution in [2.75, 3.05) is 19.0 Å². The van der Waals surface area contributed by atoms with Gasteiger partial charge in [-0.25, -0.2) is 0 Å². The molecule has 2 fully saturated rings. The molecule has 2 atom stereocenters. The minimum absolute atomic E-state index is 0.472. The summed E-state index contributed by atoms with van der Waals surface area (Å²) in [5.74, 6) is -1.21. The molecule has 136 valence electrons. The number of ether oxygens (including phenoxy) is 1. The Kier molecular flexibility index (Phi) is 5.18. The van der Waals surface area contributed by atoms with Crippen LogP contribution in [-0.2, 0) is 14.4 Å². The largest absolute Gasteiger partial charge is 0.497 e. The highest BCUT2D eigenvalue weighted by atomic mass is 32.2. The highest BCUT2D eigenvalue weighted by molar-refractivity contribution is 8.19. The Labute approximate surface area is 156 Å². The Morgan fingerprint density at radius 3 is 2.42 bits per heavy atom. The summed E-state index contributed by atoms with van der Waals surface area (Å²) >= 11 is 1.32. The van der Waals surface area contributed by atoms with Gasteiger partial charge in [0.05, 0.1) is 7.11 Å². The topological polar surface area (TPSA) is 122 Å². The molecule has 1 aromatic carbocycles. The molecular weight excluding hydrogens is 382 g/mol. The molecule has 2 aliphatic rings. The van der Waals surface area contributed by atoms with Gasteiger partial charge in [-0.15, -0.1) is 0 Å². The van der Waals surface area contributed by atoms with Crippen molar-refractivity contribution in [1.82, 2.24) is 10.2 Å². The number of hydrogen-bond donors (Lipinski definition) is 2. The summed E-state index contributed by atoms with van der Waals surface area (Å²) < 4.78 is 5.02. The second kappa shape index (κ2) is 7.38. The minimum atomic E-state index is -1.02. The first-order valence-electron chi connectivity index (χ1n) is 7.36. The molecule has 2 N–H and O–H groups in total. The van der Waals surface area contributed by atoms with Gasteiger partial charge in [-0.05, 0) is 47.8 Å². The van der Waals surface area contributed by atoms with Crippen LogP contribution < -0.4 is 15.4 Å². The number of thioether (sulfide) groups is 2. The van der Waals surface area contributed by atoms with Crippen molar-refractivity contribution in [3.8, 4) is 5.75 Å². The third-order valence-electron chi connectivity index (χ3n) is 3.63. The summed E-state index contributed by atoms with van der Waals surface area (Å²) in [6.07, 6.45) is 0. The lowest BCUT2D eigenvalue weighted by molar-refractivity contribution is -0.131. The molecule has 9 nitrogen and oxygen atoms in total. The Morgan fingerprint density at radius 2 is 1.85 bits per heavy atom. The van der Waals surface area contributed by atoms with E-state index in [1.807, 2.05) is 0 Å². The van der Waals surface area contributed by atoms with Gasteiger partial charge in [0.2, 0.25) is 17.7 Å². The zero-order chi connectivity index (χ0) is 18.8. The number of benzene rings is 1. The maximum Gasteiger partial charge on any atom is 0.289 e. The standard InChI is InChI=1S/C15H13N3O6S2/c1-24-8-4-2-7(3-5-8)16-9(19)6-18-13(21)11(26-15(18)23)10-12(20)17-14(22)25-10/h2-5,10-11H,6H2,1H3,(H,16,19)(H,17,20,22)/t10-,11-/m0/s1. The van der Waals surface area contributed by atoms with Crippen LogP contribution in [0.5, 0.6) is 5.75 Å². The molecule has 0 aromatic heterocycles. The molecule has 2 aliphatic heterocycles. The van der Waals surface area contributed by atoms with Crippen molar-refractivity contribution < 1.29 is 28.7 Å². The van der Waals surface area contributed by atoms with Crippen LogP contribution in [-0.4, -0.2) is 57.3 Å². The summed E-state index contributed by atoms with van der Waals surface area (Å²) in [6.45, 7) is -0.472. The van der Waals surface area contributed by atoms with E-state index in [0.717, 1.165) is 4.90 Å². The number of methoxy groups -OCH3 is 1. The molecule has 0 saturated carbocycles. The average molecular weight is 395 g/mol.